The van der Waals surface area contributed by atoms with E-state index in [1.54, 1.807) is 18.2 Å². The van der Waals surface area contributed by atoms with Crippen molar-refractivity contribution in [3.63, 3.8) is 0 Å². The number of nitrogens with one attached hydrogen (secondary N) is 2. The summed E-state index contributed by atoms with van der Waals surface area (Å²) in [7, 11) is -3.42. The fraction of sp³-hybridized carbons (Fsp3) is 0.538. The summed E-state index contributed by atoms with van der Waals surface area (Å²) in [5.41, 5.74) is 0.0460. The van der Waals surface area contributed by atoms with Crippen LogP contribution in [-0.2, 0) is 10.0 Å². The molecule has 1 aliphatic rings. The number of benzene rings is 1. The molecule has 0 aliphatic carbocycles. The molecule has 0 amide bonds. The van der Waals surface area contributed by atoms with E-state index in [1.807, 2.05) is 6.07 Å². The summed E-state index contributed by atoms with van der Waals surface area (Å²) >= 11 is 3.29. The molecule has 2 rings (SSSR count). The predicted octanol–water partition coefficient (Wildman–Crippen LogP) is 2.12. The molecule has 1 fully saturated rings. The maximum Gasteiger partial charge on any atom is 0.240 e. The Kier molecular flexibility index (Phi) is 4.66. The SMILES string of the molecule is CC1(CNS(=O)(=O)c2cccc(Br)c2)CCNCC1. The highest BCUT2D eigenvalue weighted by Gasteiger charge is 2.28. The number of hydrogen-bond acceptors (Lipinski definition) is 3. The normalized spacial score (nSPS) is 19.3. The molecule has 0 atom stereocenters. The van der Waals surface area contributed by atoms with E-state index in [2.05, 4.69) is 32.9 Å². The molecule has 0 aromatic heterocycles. The number of sulfonamides is 1. The van der Waals surface area contributed by atoms with Crippen LogP contribution in [0.15, 0.2) is 33.6 Å². The van der Waals surface area contributed by atoms with E-state index < -0.39 is 10.0 Å². The largest absolute Gasteiger partial charge is 0.317 e. The van der Waals surface area contributed by atoms with Crippen molar-refractivity contribution >= 4 is 26.0 Å². The third kappa shape index (κ3) is 4.02. The summed E-state index contributed by atoms with van der Waals surface area (Å²) in [5, 5.41) is 3.29. The average molecular weight is 347 g/mol. The molecule has 6 heteroatoms. The smallest absolute Gasteiger partial charge is 0.240 e. The van der Waals surface area contributed by atoms with Crippen LogP contribution in [0.5, 0.6) is 0 Å². The van der Waals surface area contributed by atoms with Crippen molar-refractivity contribution in [1.82, 2.24) is 10.0 Å². The molecule has 1 aromatic carbocycles. The second-order valence-electron chi connectivity index (χ2n) is 5.34. The zero-order chi connectivity index (χ0) is 13.9. The fourth-order valence-corrected chi connectivity index (χ4v) is 3.99. The number of piperidine rings is 1. The first-order valence-electron chi connectivity index (χ1n) is 6.37. The van der Waals surface area contributed by atoms with Crippen molar-refractivity contribution in [2.45, 2.75) is 24.7 Å². The van der Waals surface area contributed by atoms with Crippen LogP contribution < -0.4 is 10.0 Å². The molecule has 1 aromatic rings. The molecule has 1 heterocycles. The van der Waals surface area contributed by atoms with Gasteiger partial charge in [0.2, 0.25) is 10.0 Å². The Bertz CT molecular complexity index is 539. The Morgan fingerprint density at radius 1 is 1.37 bits per heavy atom. The van der Waals surface area contributed by atoms with Crippen molar-refractivity contribution in [3.05, 3.63) is 28.7 Å². The van der Waals surface area contributed by atoms with Gasteiger partial charge in [-0.25, -0.2) is 13.1 Å². The van der Waals surface area contributed by atoms with Gasteiger partial charge in [-0.15, -0.1) is 0 Å². The van der Waals surface area contributed by atoms with E-state index in [4.69, 9.17) is 0 Å². The first-order chi connectivity index (χ1) is 8.91. The van der Waals surface area contributed by atoms with Gasteiger partial charge in [0.1, 0.15) is 0 Å². The van der Waals surface area contributed by atoms with Crippen molar-refractivity contribution < 1.29 is 8.42 Å². The lowest BCUT2D eigenvalue weighted by Crippen LogP contribution is -2.42. The molecular formula is C13H19BrN2O2S. The standard InChI is InChI=1S/C13H19BrN2O2S/c1-13(5-7-15-8-6-13)10-16-19(17,18)12-4-2-3-11(14)9-12/h2-4,9,15-16H,5-8,10H2,1H3. The molecule has 0 radical (unpaired) electrons. The van der Waals surface area contributed by atoms with Crippen molar-refractivity contribution in [1.29, 1.82) is 0 Å². The maximum atomic E-state index is 12.2. The lowest BCUT2D eigenvalue weighted by molar-refractivity contribution is 0.232. The molecule has 1 saturated heterocycles. The van der Waals surface area contributed by atoms with Crippen LogP contribution in [0.2, 0.25) is 0 Å². The van der Waals surface area contributed by atoms with Crippen molar-refractivity contribution in [2.75, 3.05) is 19.6 Å². The van der Waals surface area contributed by atoms with Crippen LogP contribution in [0.3, 0.4) is 0 Å². The van der Waals surface area contributed by atoms with Gasteiger partial charge in [0.25, 0.3) is 0 Å². The third-order valence-electron chi connectivity index (χ3n) is 3.61. The van der Waals surface area contributed by atoms with Crippen molar-refractivity contribution in [3.8, 4) is 0 Å². The van der Waals surface area contributed by atoms with Crippen LogP contribution in [0.4, 0.5) is 0 Å². The molecule has 4 nitrogen and oxygen atoms in total. The highest BCUT2D eigenvalue weighted by molar-refractivity contribution is 9.10. The number of hydrogen-bond donors (Lipinski definition) is 2. The van der Waals surface area contributed by atoms with Crippen LogP contribution >= 0.6 is 15.9 Å². The van der Waals surface area contributed by atoms with E-state index in [0.29, 0.717) is 11.4 Å². The van der Waals surface area contributed by atoms with Gasteiger partial charge in [0.15, 0.2) is 0 Å². The van der Waals surface area contributed by atoms with Crippen LogP contribution in [0.25, 0.3) is 0 Å². The van der Waals surface area contributed by atoms with Crippen LogP contribution in [0.1, 0.15) is 19.8 Å². The summed E-state index contributed by atoms with van der Waals surface area (Å²) in [5.74, 6) is 0. The zero-order valence-corrected chi connectivity index (χ0v) is 13.4. The minimum Gasteiger partial charge on any atom is -0.317 e. The van der Waals surface area contributed by atoms with Gasteiger partial charge in [-0.1, -0.05) is 28.9 Å². The molecule has 106 valence electrons. The van der Waals surface area contributed by atoms with E-state index in [1.165, 1.54) is 0 Å². The molecule has 1 aliphatic heterocycles. The zero-order valence-electron chi connectivity index (χ0n) is 10.9. The second-order valence-corrected chi connectivity index (χ2v) is 8.03. The van der Waals surface area contributed by atoms with E-state index in [9.17, 15) is 8.42 Å². The van der Waals surface area contributed by atoms with Gasteiger partial charge >= 0.3 is 0 Å². The highest BCUT2D eigenvalue weighted by Crippen LogP contribution is 2.27. The monoisotopic (exact) mass is 346 g/mol. The van der Waals surface area contributed by atoms with Gasteiger partial charge < -0.3 is 5.32 Å². The average Bonchev–Trinajstić information content (AvgIpc) is 2.38. The van der Waals surface area contributed by atoms with E-state index in [-0.39, 0.29) is 5.41 Å². The molecular weight excluding hydrogens is 328 g/mol. The molecule has 0 saturated carbocycles. The lowest BCUT2D eigenvalue weighted by Gasteiger charge is -2.34. The minimum atomic E-state index is -3.42. The van der Waals surface area contributed by atoms with Gasteiger partial charge in [-0.2, -0.15) is 0 Å². The molecule has 0 unspecified atom stereocenters. The summed E-state index contributed by atoms with van der Waals surface area (Å²) in [6.45, 7) is 4.53. The second kappa shape index (κ2) is 5.91. The number of rotatable bonds is 4. The predicted molar refractivity (Wildman–Crippen MR) is 79.5 cm³/mol. The Morgan fingerprint density at radius 2 is 2.05 bits per heavy atom. The molecule has 0 spiro atoms. The number of halogens is 1. The van der Waals surface area contributed by atoms with Gasteiger partial charge in [0, 0.05) is 11.0 Å². The van der Waals surface area contributed by atoms with Crippen LogP contribution in [-0.4, -0.2) is 28.1 Å². The van der Waals surface area contributed by atoms with E-state index >= 15 is 0 Å². The molecule has 0 bridgehead atoms. The molecule has 2 N–H and O–H groups in total. The van der Waals surface area contributed by atoms with Gasteiger partial charge in [-0.05, 0) is 49.5 Å². The Hall–Kier alpha value is -0.430. The van der Waals surface area contributed by atoms with Gasteiger partial charge in [0.05, 0.1) is 4.90 Å². The maximum absolute atomic E-state index is 12.2. The Balaban J connectivity index is 2.05. The highest BCUT2D eigenvalue weighted by atomic mass is 79.9. The summed E-state index contributed by atoms with van der Waals surface area (Å²) in [6.07, 6.45) is 1.99. The van der Waals surface area contributed by atoms with E-state index in [0.717, 1.165) is 30.4 Å². The van der Waals surface area contributed by atoms with Crippen LogP contribution in [0, 0.1) is 5.41 Å². The first-order valence-corrected chi connectivity index (χ1v) is 8.65. The lowest BCUT2D eigenvalue weighted by atomic mass is 9.81. The quantitative estimate of drug-likeness (QED) is 0.877. The first kappa shape index (κ1) is 15.0. The third-order valence-corrected chi connectivity index (χ3v) is 5.50. The Morgan fingerprint density at radius 3 is 2.68 bits per heavy atom. The van der Waals surface area contributed by atoms with Gasteiger partial charge in [-0.3, -0.25) is 0 Å². The van der Waals surface area contributed by atoms with Crippen molar-refractivity contribution in [2.24, 2.45) is 5.41 Å². The molecule has 19 heavy (non-hydrogen) atoms. The Labute approximate surface area is 123 Å². The summed E-state index contributed by atoms with van der Waals surface area (Å²) in [4.78, 5) is 0.305. The topological polar surface area (TPSA) is 58.2 Å². The summed E-state index contributed by atoms with van der Waals surface area (Å²) < 4.78 is 27.9. The fourth-order valence-electron chi connectivity index (χ4n) is 2.19. The summed E-state index contributed by atoms with van der Waals surface area (Å²) in [6, 6.07) is 6.77. The minimum absolute atomic E-state index is 0.0460.